The molecule has 19 heavy (non-hydrogen) atoms. The number of aliphatic carboxylic acids is 1. The molecule has 2 rings (SSSR count). The Bertz CT molecular complexity index is 295. The van der Waals surface area contributed by atoms with E-state index in [1.54, 1.807) is 0 Å². The summed E-state index contributed by atoms with van der Waals surface area (Å²) in [5.41, 5.74) is 0. The molecule has 110 valence electrons. The summed E-state index contributed by atoms with van der Waals surface area (Å²) < 4.78 is 0. The average molecular weight is 267 g/mol. The van der Waals surface area contributed by atoms with E-state index in [2.05, 4.69) is 18.7 Å². The van der Waals surface area contributed by atoms with E-state index in [9.17, 15) is 9.90 Å². The predicted octanol–water partition coefficient (Wildman–Crippen LogP) is 3.39. The molecule has 0 aromatic heterocycles. The van der Waals surface area contributed by atoms with Gasteiger partial charge in [0.25, 0.3) is 0 Å². The first-order valence-electron chi connectivity index (χ1n) is 8.14. The molecule has 0 amide bonds. The maximum atomic E-state index is 11.4. The second-order valence-electron chi connectivity index (χ2n) is 6.45. The van der Waals surface area contributed by atoms with Crippen molar-refractivity contribution in [2.75, 3.05) is 13.1 Å². The third-order valence-corrected chi connectivity index (χ3v) is 5.37. The fourth-order valence-electron chi connectivity index (χ4n) is 4.04. The quantitative estimate of drug-likeness (QED) is 0.802. The van der Waals surface area contributed by atoms with Crippen LogP contribution in [0.1, 0.15) is 58.8 Å². The number of carboxylic acids is 1. The van der Waals surface area contributed by atoms with E-state index in [0.717, 1.165) is 25.4 Å². The zero-order valence-corrected chi connectivity index (χ0v) is 12.5. The lowest BCUT2D eigenvalue weighted by molar-refractivity contribution is -0.154. The number of piperidine rings is 1. The van der Waals surface area contributed by atoms with Crippen molar-refractivity contribution in [1.29, 1.82) is 0 Å². The SMILES string of the molecule is CCC(CC)CC1CC(C(=O)O)C1N1CCCCC1. The summed E-state index contributed by atoms with van der Waals surface area (Å²) in [6, 6.07) is 0.332. The van der Waals surface area contributed by atoms with E-state index in [1.807, 2.05) is 0 Å². The number of likely N-dealkylation sites (tertiary alicyclic amines) is 1. The van der Waals surface area contributed by atoms with E-state index >= 15 is 0 Å². The Morgan fingerprint density at radius 1 is 1.21 bits per heavy atom. The number of hydrogen-bond donors (Lipinski definition) is 1. The zero-order valence-electron chi connectivity index (χ0n) is 12.5. The Balaban J connectivity index is 1.97. The van der Waals surface area contributed by atoms with Gasteiger partial charge in [0.05, 0.1) is 5.92 Å². The summed E-state index contributed by atoms with van der Waals surface area (Å²) in [6.45, 7) is 6.76. The second-order valence-corrected chi connectivity index (χ2v) is 6.45. The molecular weight excluding hydrogens is 238 g/mol. The van der Waals surface area contributed by atoms with Crippen molar-refractivity contribution in [1.82, 2.24) is 4.90 Å². The first-order valence-corrected chi connectivity index (χ1v) is 8.14. The normalized spacial score (nSPS) is 32.3. The van der Waals surface area contributed by atoms with Gasteiger partial charge in [0, 0.05) is 6.04 Å². The first-order chi connectivity index (χ1) is 9.17. The van der Waals surface area contributed by atoms with Crippen LogP contribution in [0.4, 0.5) is 0 Å². The summed E-state index contributed by atoms with van der Waals surface area (Å²) in [6.07, 6.45) is 8.43. The molecule has 0 spiro atoms. The minimum Gasteiger partial charge on any atom is -0.481 e. The second kappa shape index (κ2) is 6.74. The summed E-state index contributed by atoms with van der Waals surface area (Å²) in [5.74, 6) is 0.741. The highest BCUT2D eigenvalue weighted by atomic mass is 16.4. The van der Waals surface area contributed by atoms with Gasteiger partial charge in [0.2, 0.25) is 0 Å². The van der Waals surface area contributed by atoms with Crippen molar-refractivity contribution in [2.24, 2.45) is 17.8 Å². The molecule has 0 aromatic carbocycles. The third kappa shape index (κ3) is 3.31. The highest BCUT2D eigenvalue weighted by Crippen LogP contribution is 2.43. The molecule has 3 atom stereocenters. The summed E-state index contributed by atoms with van der Waals surface area (Å²) in [5, 5.41) is 9.37. The molecule has 3 nitrogen and oxygen atoms in total. The van der Waals surface area contributed by atoms with Crippen molar-refractivity contribution in [3.05, 3.63) is 0 Å². The fraction of sp³-hybridized carbons (Fsp3) is 0.938. The Morgan fingerprint density at radius 3 is 2.37 bits per heavy atom. The van der Waals surface area contributed by atoms with Gasteiger partial charge in [-0.1, -0.05) is 33.1 Å². The number of hydrogen-bond acceptors (Lipinski definition) is 2. The minimum atomic E-state index is -0.573. The lowest BCUT2D eigenvalue weighted by Gasteiger charge is -2.51. The van der Waals surface area contributed by atoms with Crippen LogP contribution >= 0.6 is 0 Å². The number of carboxylic acid groups (broad SMARTS) is 1. The number of nitrogens with zero attached hydrogens (tertiary/aromatic N) is 1. The van der Waals surface area contributed by atoms with Crippen LogP contribution < -0.4 is 0 Å². The van der Waals surface area contributed by atoms with E-state index in [0.29, 0.717) is 12.0 Å². The molecular formula is C16H29NO2. The molecule has 1 saturated heterocycles. The average Bonchev–Trinajstić information content (AvgIpc) is 2.39. The van der Waals surface area contributed by atoms with Gasteiger partial charge in [-0.15, -0.1) is 0 Å². The topological polar surface area (TPSA) is 40.5 Å². The van der Waals surface area contributed by atoms with Crippen LogP contribution in [0.25, 0.3) is 0 Å². The van der Waals surface area contributed by atoms with E-state index < -0.39 is 5.97 Å². The fourth-order valence-corrected chi connectivity index (χ4v) is 4.04. The van der Waals surface area contributed by atoms with Gasteiger partial charge in [0.1, 0.15) is 0 Å². The van der Waals surface area contributed by atoms with Gasteiger partial charge >= 0.3 is 5.97 Å². The molecule has 0 aromatic rings. The van der Waals surface area contributed by atoms with Gasteiger partial charge in [0.15, 0.2) is 0 Å². The Morgan fingerprint density at radius 2 is 1.84 bits per heavy atom. The van der Waals surface area contributed by atoms with E-state index in [-0.39, 0.29) is 5.92 Å². The number of carbonyl (C=O) groups is 1. The molecule has 2 fully saturated rings. The van der Waals surface area contributed by atoms with Crippen molar-refractivity contribution in [3.8, 4) is 0 Å². The highest BCUT2D eigenvalue weighted by molar-refractivity contribution is 5.72. The summed E-state index contributed by atoms with van der Waals surface area (Å²) in [7, 11) is 0. The van der Waals surface area contributed by atoms with Crippen molar-refractivity contribution < 1.29 is 9.90 Å². The molecule has 3 heteroatoms. The number of rotatable bonds is 6. The van der Waals surface area contributed by atoms with Crippen LogP contribution in [0.5, 0.6) is 0 Å². The van der Waals surface area contributed by atoms with E-state index in [1.165, 1.54) is 38.5 Å². The van der Waals surface area contributed by atoms with Gasteiger partial charge in [-0.25, -0.2) is 0 Å². The van der Waals surface area contributed by atoms with Gasteiger partial charge in [-0.2, -0.15) is 0 Å². The lowest BCUT2D eigenvalue weighted by atomic mass is 9.65. The zero-order chi connectivity index (χ0) is 13.8. The molecule has 3 unspecified atom stereocenters. The van der Waals surface area contributed by atoms with Crippen LogP contribution in [-0.4, -0.2) is 35.1 Å². The van der Waals surface area contributed by atoms with Gasteiger partial charge in [-0.3, -0.25) is 9.69 Å². The van der Waals surface area contributed by atoms with Crippen molar-refractivity contribution in [2.45, 2.75) is 64.8 Å². The highest BCUT2D eigenvalue weighted by Gasteiger charge is 2.48. The van der Waals surface area contributed by atoms with Crippen LogP contribution in [0.15, 0.2) is 0 Å². The molecule has 2 aliphatic rings. The standard InChI is InChI=1S/C16H29NO2/c1-3-12(4-2)10-13-11-14(16(18)19)15(13)17-8-6-5-7-9-17/h12-15H,3-11H2,1-2H3,(H,18,19). The van der Waals surface area contributed by atoms with Gasteiger partial charge in [-0.05, 0) is 50.6 Å². The third-order valence-electron chi connectivity index (χ3n) is 5.37. The Kier molecular flexibility index (Phi) is 5.26. The minimum absolute atomic E-state index is 0.0996. The van der Waals surface area contributed by atoms with Crippen LogP contribution in [0.3, 0.4) is 0 Å². The summed E-state index contributed by atoms with van der Waals surface area (Å²) >= 11 is 0. The van der Waals surface area contributed by atoms with Gasteiger partial charge < -0.3 is 5.11 Å². The maximum Gasteiger partial charge on any atom is 0.308 e. The van der Waals surface area contributed by atoms with E-state index in [4.69, 9.17) is 0 Å². The molecule has 0 radical (unpaired) electrons. The van der Waals surface area contributed by atoms with Crippen LogP contribution in [-0.2, 0) is 4.79 Å². The molecule has 0 bridgehead atoms. The first kappa shape index (κ1) is 14.8. The molecule has 1 saturated carbocycles. The summed E-state index contributed by atoms with van der Waals surface area (Å²) in [4.78, 5) is 13.9. The largest absolute Gasteiger partial charge is 0.481 e. The maximum absolute atomic E-state index is 11.4. The van der Waals surface area contributed by atoms with Crippen molar-refractivity contribution >= 4 is 5.97 Å². The molecule has 1 aliphatic heterocycles. The molecule has 1 heterocycles. The molecule has 1 N–H and O–H groups in total. The lowest BCUT2D eigenvalue weighted by Crippen LogP contribution is -2.58. The van der Waals surface area contributed by atoms with Crippen LogP contribution in [0, 0.1) is 17.8 Å². The predicted molar refractivity (Wildman–Crippen MR) is 77.1 cm³/mol. The van der Waals surface area contributed by atoms with Crippen LogP contribution in [0.2, 0.25) is 0 Å². The molecule has 1 aliphatic carbocycles. The Hall–Kier alpha value is -0.570. The monoisotopic (exact) mass is 267 g/mol. The smallest absolute Gasteiger partial charge is 0.308 e. The Labute approximate surface area is 117 Å². The van der Waals surface area contributed by atoms with Crippen molar-refractivity contribution in [3.63, 3.8) is 0 Å².